The van der Waals surface area contributed by atoms with E-state index in [0.717, 1.165) is 38.9 Å². The number of sulfonamides is 1. The molecule has 3 aliphatic rings. The van der Waals surface area contributed by atoms with Crippen molar-refractivity contribution in [2.45, 2.75) is 62.7 Å². The van der Waals surface area contributed by atoms with Gasteiger partial charge in [0.05, 0.1) is 29.8 Å². The van der Waals surface area contributed by atoms with Crippen LogP contribution < -0.4 is 10.9 Å². The predicted octanol–water partition coefficient (Wildman–Crippen LogP) is 2.64. The Morgan fingerprint density at radius 1 is 1.13 bits per heavy atom. The molecule has 1 aliphatic carbocycles. The average Bonchev–Trinajstić information content (AvgIpc) is 3.32. The van der Waals surface area contributed by atoms with Gasteiger partial charge in [0, 0.05) is 26.2 Å². The zero-order valence-corrected chi connectivity index (χ0v) is 18.8. The third-order valence-electron chi connectivity index (χ3n) is 6.62. The lowest BCUT2D eigenvalue weighted by Gasteiger charge is -2.31. The first-order valence-electron chi connectivity index (χ1n) is 11.0. The van der Waals surface area contributed by atoms with E-state index in [1.165, 1.54) is 4.68 Å². The molecule has 0 unspecified atom stereocenters. The molecule has 30 heavy (non-hydrogen) atoms. The lowest BCUT2D eigenvalue weighted by molar-refractivity contribution is 0.0595. The van der Waals surface area contributed by atoms with Crippen molar-refractivity contribution < 1.29 is 13.2 Å². The van der Waals surface area contributed by atoms with Crippen LogP contribution in [-0.2, 0) is 14.8 Å². The Labute approximate surface area is 183 Å². The summed E-state index contributed by atoms with van der Waals surface area (Å²) >= 11 is 6.35. The standard InChI is InChI=1S/C20H31ClN4O4S/c21-19-18(22-12-15-4-3-11-29-14-15)13-23-25(20(19)26)16-5-7-17(8-6-16)30(27,28)24-9-1-2-10-24/h13,15-17,22H,1-12,14H2/t15-,16?,17?/m0/s1. The first-order valence-corrected chi connectivity index (χ1v) is 12.9. The van der Waals surface area contributed by atoms with Crippen LogP contribution in [-0.4, -0.2) is 60.6 Å². The molecular weight excluding hydrogens is 428 g/mol. The van der Waals surface area contributed by atoms with Gasteiger partial charge in [-0.05, 0) is 57.3 Å². The van der Waals surface area contributed by atoms with E-state index in [1.54, 1.807) is 10.5 Å². The lowest BCUT2D eigenvalue weighted by Crippen LogP contribution is -2.40. The number of hydrogen-bond donors (Lipinski definition) is 1. The maximum atomic E-state index is 12.8. The van der Waals surface area contributed by atoms with Crippen LogP contribution in [0, 0.1) is 5.92 Å². The van der Waals surface area contributed by atoms with Crippen molar-refractivity contribution >= 4 is 27.3 Å². The van der Waals surface area contributed by atoms with E-state index in [9.17, 15) is 13.2 Å². The summed E-state index contributed by atoms with van der Waals surface area (Å²) in [5, 5.41) is 7.39. The molecule has 1 atom stereocenters. The quantitative estimate of drug-likeness (QED) is 0.704. The summed E-state index contributed by atoms with van der Waals surface area (Å²) in [7, 11) is -3.23. The van der Waals surface area contributed by atoms with Crippen molar-refractivity contribution in [3.05, 3.63) is 21.6 Å². The van der Waals surface area contributed by atoms with E-state index in [-0.39, 0.29) is 21.9 Å². The second-order valence-electron chi connectivity index (χ2n) is 8.67. The van der Waals surface area contributed by atoms with Gasteiger partial charge in [0.25, 0.3) is 5.56 Å². The van der Waals surface area contributed by atoms with Crippen LogP contribution in [0.2, 0.25) is 5.02 Å². The molecule has 0 spiro atoms. The molecule has 1 aromatic heterocycles. The number of anilines is 1. The fraction of sp³-hybridized carbons (Fsp3) is 0.800. The lowest BCUT2D eigenvalue weighted by atomic mass is 9.95. The summed E-state index contributed by atoms with van der Waals surface area (Å²) < 4.78 is 34.2. The van der Waals surface area contributed by atoms with E-state index in [1.807, 2.05) is 0 Å². The Kier molecular flexibility index (Phi) is 7.01. The second-order valence-corrected chi connectivity index (χ2v) is 11.3. The van der Waals surface area contributed by atoms with Crippen LogP contribution in [0.25, 0.3) is 0 Å². The maximum Gasteiger partial charge on any atom is 0.287 e. The second kappa shape index (κ2) is 9.54. The Hall–Kier alpha value is -1.16. The van der Waals surface area contributed by atoms with E-state index >= 15 is 0 Å². The molecule has 10 heteroatoms. The van der Waals surface area contributed by atoms with Crippen LogP contribution in [0.15, 0.2) is 11.0 Å². The molecule has 0 amide bonds. The molecule has 1 N–H and O–H groups in total. The van der Waals surface area contributed by atoms with Crippen molar-refractivity contribution in [2.75, 3.05) is 38.2 Å². The number of nitrogens with one attached hydrogen (secondary N) is 1. The third kappa shape index (κ3) is 4.69. The Morgan fingerprint density at radius 2 is 1.87 bits per heavy atom. The number of rotatable bonds is 6. The molecule has 0 aromatic carbocycles. The molecule has 0 radical (unpaired) electrons. The van der Waals surface area contributed by atoms with Gasteiger partial charge >= 0.3 is 0 Å². The molecule has 2 aliphatic heterocycles. The summed E-state index contributed by atoms with van der Waals surface area (Å²) in [6.45, 7) is 3.51. The molecule has 2 saturated heterocycles. The normalized spacial score (nSPS) is 28.5. The van der Waals surface area contributed by atoms with Crippen molar-refractivity contribution in [3.8, 4) is 0 Å². The van der Waals surface area contributed by atoms with E-state index in [2.05, 4.69) is 10.4 Å². The van der Waals surface area contributed by atoms with Crippen LogP contribution in [0.3, 0.4) is 0 Å². The van der Waals surface area contributed by atoms with Crippen molar-refractivity contribution in [2.24, 2.45) is 5.92 Å². The molecular formula is C20H31ClN4O4S. The molecule has 3 fully saturated rings. The van der Waals surface area contributed by atoms with Gasteiger partial charge in [0.1, 0.15) is 5.02 Å². The minimum atomic E-state index is -3.23. The molecule has 4 rings (SSSR count). The SMILES string of the molecule is O=c1c(Cl)c(NC[C@@H]2CCCOC2)cnn1C1CCC(S(=O)(=O)N2CCCC2)CC1. The number of ether oxygens (including phenoxy) is 1. The van der Waals surface area contributed by atoms with Gasteiger partial charge in [-0.2, -0.15) is 5.10 Å². The largest absolute Gasteiger partial charge is 0.382 e. The third-order valence-corrected chi connectivity index (χ3v) is 9.38. The van der Waals surface area contributed by atoms with Gasteiger partial charge in [-0.3, -0.25) is 4.79 Å². The van der Waals surface area contributed by atoms with Gasteiger partial charge < -0.3 is 10.1 Å². The monoisotopic (exact) mass is 458 g/mol. The molecule has 168 valence electrons. The van der Waals surface area contributed by atoms with Crippen molar-refractivity contribution in [1.82, 2.24) is 14.1 Å². The first-order chi connectivity index (χ1) is 14.5. The van der Waals surface area contributed by atoms with Crippen LogP contribution in [0.5, 0.6) is 0 Å². The predicted molar refractivity (Wildman–Crippen MR) is 117 cm³/mol. The highest BCUT2D eigenvalue weighted by molar-refractivity contribution is 7.89. The number of nitrogens with zero attached hydrogens (tertiary/aromatic N) is 3. The first kappa shape index (κ1) is 22.0. The summed E-state index contributed by atoms with van der Waals surface area (Å²) in [5.74, 6) is 0.407. The molecule has 3 heterocycles. The van der Waals surface area contributed by atoms with E-state index < -0.39 is 10.0 Å². The molecule has 8 nitrogen and oxygen atoms in total. The summed E-state index contributed by atoms with van der Waals surface area (Å²) in [6, 6.07) is -0.110. The smallest absolute Gasteiger partial charge is 0.287 e. The van der Waals surface area contributed by atoms with Crippen molar-refractivity contribution in [1.29, 1.82) is 0 Å². The van der Waals surface area contributed by atoms with Crippen LogP contribution in [0.1, 0.15) is 57.4 Å². The minimum absolute atomic E-state index is 0.110. The zero-order valence-electron chi connectivity index (χ0n) is 17.3. The Balaban J connectivity index is 1.37. The highest BCUT2D eigenvalue weighted by Gasteiger charge is 2.37. The summed E-state index contributed by atoms with van der Waals surface area (Å²) in [6.07, 6.45) is 7.99. The highest BCUT2D eigenvalue weighted by Crippen LogP contribution is 2.33. The average molecular weight is 459 g/mol. The number of aromatic nitrogens is 2. The summed E-state index contributed by atoms with van der Waals surface area (Å²) in [4.78, 5) is 12.8. The van der Waals surface area contributed by atoms with Crippen molar-refractivity contribution in [3.63, 3.8) is 0 Å². The number of halogens is 1. The Bertz CT molecular complexity index is 887. The molecule has 0 bridgehead atoms. The maximum absolute atomic E-state index is 12.8. The Morgan fingerprint density at radius 3 is 2.53 bits per heavy atom. The highest BCUT2D eigenvalue weighted by atomic mass is 35.5. The molecule has 1 aromatic rings. The van der Waals surface area contributed by atoms with Gasteiger partial charge in [0.15, 0.2) is 0 Å². The van der Waals surface area contributed by atoms with Crippen LogP contribution >= 0.6 is 11.6 Å². The minimum Gasteiger partial charge on any atom is -0.382 e. The van der Waals surface area contributed by atoms with E-state index in [0.29, 0.717) is 56.9 Å². The number of hydrogen-bond acceptors (Lipinski definition) is 6. The fourth-order valence-corrected chi connectivity index (χ4v) is 7.05. The van der Waals surface area contributed by atoms with Gasteiger partial charge in [-0.1, -0.05) is 11.6 Å². The van der Waals surface area contributed by atoms with Gasteiger partial charge in [0.2, 0.25) is 10.0 Å². The van der Waals surface area contributed by atoms with Gasteiger partial charge in [-0.25, -0.2) is 17.4 Å². The molecule has 1 saturated carbocycles. The topological polar surface area (TPSA) is 93.5 Å². The zero-order chi connectivity index (χ0) is 21.1. The van der Waals surface area contributed by atoms with Gasteiger partial charge in [-0.15, -0.1) is 0 Å². The van der Waals surface area contributed by atoms with E-state index in [4.69, 9.17) is 16.3 Å². The summed E-state index contributed by atoms with van der Waals surface area (Å²) in [5.41, 5.74) is 0.237. The fourth-order valence-electron chi connectivity index (χ4n) is 4.79. The van der Waals surface area contributed by atoms with Crippen LogP contribution in [0.4, 0.5) is 5.69 Å².